The van der Waals surface area contributed by atoms with Gasteiger partial charge in [0.05, 0.1) is 17.9 Å². The molecule has 2 aliphatic heterocycles. The number of aliphatic imine (C=N–C) groups is 1. The van der Waals surface area contributed by atoms with Crippen molar-refractivity contribution in [3.05, 3.63) is 47.3 Å². The molecule has 2 fully saturated rings. The van der Waals surface area contributed by atoms with Crippen LogP contribution in [0.4, 0.5) is 0 Å². The fourth-order valence-corrected chi connectivity index (χ4v) is 4.42. The van der Waals surface area contributed by atoms with Crippen molar-refractivity contribution < 1.29 is 9.53 Å². The third-order valence-corrected chi connectivity index (χ3v) is 6.06. The van der Waals surface area contributed by atoms with Crippen molar-refractivity contribution in [3.63, 3.8) is 0 Å². The Kier molecular flexibility index (Phi) is 7.09. The van der Waals surface area contributed by atoms with Crippen LogP contribution in [0.5, 0.6) is 0 Å². The standard InChI is InChI=1S/C24H34N6O2/c1-4-25-24(29-13-11-28(12-14-29)23(31)22-10-7-15-32-22)26-17-20-8-5-6-9-21(20)30-19(3)16-18(2)27-30/h5-6,8-9,16,22H,4,7,10-15,17H2,1-3H3,(H,25,26). The van der Waals surface area contributed by atoms with Crippen molar-refractivity contribution in [1.82, 2.24) is 24.9 Å². The molecule has 2 aromatic rings. The van der Waals surface area contributed by atoms with Crippen LogP contribution in [-0.4, -0.2) is 76.9 Å². The maximum absolute atomic E-state index is 12.6. The van der Waals surface area contributed by atoms with Crippen LogP contribution in [0.3, 0.4) is 0 Å². The number of nitrogens with one attached hydrogen (secondary N) is 1. The second-order valence-corrected chi connectivity index (χ2v) is 8.45. The number of ether oxygens (including phenoxy) is 1. The van der Waals surface area contributed by atoms with E-state index >= 15 is 0 Å². The summed E-state index contributed by atoms with van der Waals surface area (Å²) in [5.41, 5.74) is 4.30. The lowest BCUT2D eigenvalue weighted by Gasteiger charge is -2.37. The number of carbonyl (C=O) groups excluding carboxylic acids is 1. The molecule has 3 heterocycles. The predicted octanol–water partition coefficient (Wildman–Crippen LogP) is 2.28. The quantitative estimate of drug-likeness (QED) is 0.573. The Labute approximate surface area is 190 Å². The average molecular weight is 439 g/mol. The monoisotopic (exact) mass is 438 g/mol. The molecule has 0 radical (unpaired) electrons. The van der Waals surface area contributed by atoms with E-state index in [-0.39, 0.29) is 12.0 Å². The highest BCUT2D eigenvalue weighted by molar-refractivity contribution is 5.83. The van der Waals surface area contributed by atoms with Crippen molar-refractivity contribution in [3.8, 4) is 5.69 Å². The molecule has 2 aliphatic rings. The zero-order valence-corrected chi connectivity index (χ0v) is 19.4. The summed E-state index contributed by atoms with van der Waals surface area (Å²) in [6, 6.07) is 10.4. The second kappa shape index (κ2) is 10.2. The van der Waals surface area contributed by atoms with E-state index in [2.05, 4.69) is 47.4 Å². The topological polar surface area (TPSA) is 75.0 Å². The molecule has 4 rings (SSSR count). The molecular formula is C24H34N6O2. The molecule has 1 unspecified atom stereocenters. The van der Waals surface area contributed by atoms with E-state index in [0.717, 1.165) is 61.1 Å². The van der Waals surface area contributed by atoms with E-state index in [4.69, 9.17) is 9.73 Å². The fraction of sp³-hybridized carbons (Fsp3) is 0.542. The van der Waals surface area contributed by atoms with Gasteiger partial charge in [-0.2, -0.15) is 5.10 Å². The lowest BCUT2D eigenvalue weighted by molar-refractivity contribution is -0.142. The number of benzene rings is 1. The summed E-state index contributed by atoms with van der Waals surface area (Å²) >= 11 is 0. The van der Waals surface area contributed by atoms with Crippen molar-refractivity contribution in [1.29, 1.82) is 0 Å². The maximum atomic E-state index is 12.6. The molecule has 2 saturated heterocycles. The number of aromatic nitrogens is 2. The summed E-state index contributed by atoms with van der Waals surface area (Å²) in [4.78, 5) is 21.8. The van der Waals surface area contributed by atoms with Crippen LogP contribution in [-0.2, 0) is 16.1 Å². The minimum atomic E-state index is -0.241. The van der Waals surface area contributed by atoms with Crippen LogP contribution < -0.4 is 5.32 Å². The van der Waals surface area contributed by atoms with E-state index in [9.17, 15) is 4.79 Å². The Morgan fingerprint density at radius 3 is 2.59 bits per heavy atom. The smallest absolute Gasteiger partial charge is 0.251 e. The van der Waals surface area contributed by atoms with Gasteiger partial charge in [0.2, 0.25) is 0 Å². The summed E-state index contributed by atoms with van der Waals surface area (Å²) in [5.74, 6) is 1.03. The number of hydrogen-bond donors (Lipinski definition) is 1. The number of para-hydroxylation sites is 1. The number of amides is 1. The van der Waals surface area contributed by atoms with E-state index in [0.29, 0.717) is 26.2 Å². The van der Waals surface area contributed by atoms with Gasteiger partial charge in [-0.25, -0.2) is 9.67 Å². The molecule has 32 heavy (non-hydrogen) atoms. The first-order chi connectivity index (χ1) is 15.6. The Hall–Kier alpha value is -2.87. The molecule has 8 nitrogen and oxygen atoms in total. The lowest BCUT2D eigenvalue weighted by atomic mass is 10.1. The van der Waals surface area contributed by atoms with Gasteiger partial charge >= 0.3 is 0 Å². The van der Waals surface area contributed by atoms with Gasteiger partial charge in [-0.3, -0.25) is 4.79 Å². The number of aryl methyl sites for hydroxylation is 2. The summed E-state index contributed by atoms with van der Waals surface area (Å²) in [7, 11) is 0. The zero-order valence-electron chi connectivity index (χ0n) is 19.4. The molecule has 1 atom stereocenters. The summed E-state index contributed by atoms with van der Waals surface area (Å²) in [6.45, 7) is 11.2. The first-order valence-electron chi connectivity index (χ1n) is 11.6. The Morgan fingerprint density at radius 2 is 1.94 bits per heavy atom. The number of nitrogens with zero attached hydrogens (tertiary/aromatic N) is 5. The number of rotatable bonds is 5. The highest BCUT2D eigenvalue weighted by atomic mass is 16.5. The first-order valence-corrected chi connectivity index (χ1v) is 11.6. The van der Waals surface area contributed by atoms with Crippen LogP contribution in [0.25, 0.3) is 5.69 Å². The zero-order chi connectivity index (χ0) is 22.5. The van der Waals surface area contributed by atoms with Gasteiger partial charge in [0.1, 0.15) is 6.10 Å². The summed E-state index contributed by atoms with van der Waals surface area (Å²) < 4.78 is 7.57. The van der Waals surface area contributed by atoms with Gasteiger partial charge in [0, 0.05) is 45.0 Å². The third-order valence-electron chi connectivity index (χ3n) is 6.06. The molecule has 1 aromatic heterocycles. The molecule has 8 heteroatoms. The van der Waals surface area contributed by atoms with Crippen molar-refractivity contribution in [2.75, 3.05) is 39.3 Å². The van der Waals surface area contributed by atoms with E-state index in [1.165, 1.54) is 0 Å². The highest BCUT2D eigenvalue weighted by Crippen LogP contribution is 2.19. The molecule has 1 N–H and O–H groups in total. The number of piperazine rings is 1. The molecular weight excluding hydrogens is 404 g/mol. The van der Waals surface area contributed by atoms with Crippen LogP contribution >= 0.6 is 0 Å². The van der Waals surface area contributed by atoms with Crippen LogP contribution in [0.2, 0.25) is 0 Å². The van der Waals surface area contributed by atoms with Crippen LogP contribution in [0.15, 0.2) is 35.3 Å². The molecule has 0 spiro atoms. The molecule has 1 aromatic carbocycles. The first kappa shape index (κ1) is 22.3. The molecule has 172 valence electrons. The van der Waals surface area contributed by atoms with E-state index in [1.54, 1.807) is 0 Å². The number of guanidine groups is 1. The second-order valence-electron chi connectivity index (χ2n) is 8.45. The largest absolute Gasteiger partial charge is 0.368 e. The normalized spacial score (nSPS) is 19.5. The number of carbonyl (C=O) groups is 1. The Bertz CT molecular complexity index is 955. The third kappa shape index (κ3) is 4.96. The van der Waals surface area contributed by atoms with E-state index in [1.807, 2.05) is 28.6 Å². The molecule has 0 saturated carbocycles. The molecule has 1 amide bonds. The predicted molar refractivity (Wildman–Crippen MR) is 125 cm³/mol. The van der Waals surface area contributed by atoms with Crippen molar-refractivity contribution in [2.24, 2.45) is 4.99 Å². The van der Waals surface area contributed by atoms with Gasteiger partial charge < -0.3 is 19.9 Å². The summed E-state index contributed by atoms with van der Waals surface area (Å²) in [5, 5.41) is 8.07. The minimum Gasteiger partial charge on any atom is -0.368 e. The van der Waals surface area contributed by atoms with Gasteiger partial charge in [0.25, 0.3) is 5.91 Å². The van der Waals surface area contributed by atoms with Gasteiger partial charge in [-0.15, -0.1) is 0 Å². The molecule has 0 aliphatic carbocycles. The molecule has 0 bridgehead atoms. The minimum absolute atomic E-state index is 0.142. The van der Waals surface area contributed by atoms with Gasteiger partial charge in [0.15, 0.2) is 5.96 Å². The van der Waals surface area contributed by atoms with Crippen molar-refractivity contribution >= 4 is 11.9 Å². The highest BCUT2D eigenvalue weighted by Gasteiger charge is 2.30. The lowest BCUT2D eigenvalue weighted by Crippen LogP contribution is -2.55. The van der Waals surface area contributed by atoms with Crippen LogP contribution in [0.1, 0.15) is 36.7 Å². The number of hydrogen-bond acceptors (Lipinski definition) is 4. The van der Waals surface area contributed by atoms with Gasteiger partial charge in [-0.1, -0.05) is 18.2 Å². The van der Waals surface area contributed by atoms with E-state index < -0.39 is 0 Å². The SMILES string of the molecule is CCNC(=NCc1ccccc1-n1nc(C)cc1C)N1CCN(C(=O)C2CCCO2)CC1. The van der Waals surface area contributed by atoms with Crippen molar-refractivity contribution in [2.45, 2.75) is 46.3 Å². The Balaban J connectivity index is 1.44. The maximum Gasteiger partial charge on any atom is 0.251 e. The van der Waals surface area contributed by atoms with Gasteiger partial charge in [-0.05, 0) is 51.3 Å². The summed E-state index contributed by atoms with van der Waals surface area (Å²) in [6.07, 6.45) is 1.58. The Morgan fingerprint density at radius 1 is 1.19 bits per heavy atom. The fourth-order valence-electron chi connectivity index (χ4n) is 4.42. The van der Waals surface area contributed by atoms with Crippen LogP contribution in [0, 0.1) is 13.8 Å². The average Bonchev–Trinajstić information content (AvgIpc) is 3.46.